The molecule has 0 spiro atoms. The van der Waals surface area contributed by atoms with Crippen molar-refractivity contribution in [3.8, 4) is 0 Å². The second kappa shape index (κ2) is 5.63. The summed E-state index contributed by atoms with van der Waals surface area (Å²) in [5.41, 5.74) is 0.279. The van der Waals surface area contributed by atoms with Gasteiger partial charge in [0.25, 0.3) is 5.91 Å². The molecular weight excluding hydrogens is 244 g/mol. The average molecular weight is 257 g/mol. The SMILES string of the molecule is CC(C)C(NC(=O)c1ccc(Cl)nc1)C(=O)O. The molecule has 0 saturated heterocycles. The topological polar surface area (TPSA) is 79.3 Å². The van der Waals surface area contributed by atoms with Crippen LogP contribution in [-0.2, 0) is 4.79 Å². The van der Waals surface area contributed by atoms with E-state index in [-0.39, 0.29) is 16.6 Å². The van der Waals surface area contributed by atoms with Crippen LogP contribution in [0, 0.1) is 5.92 Å². The van der Waals surface area contributed by atoms with Crippen LogP contribution >= 0.6 is 11.6 Å². The third-order valence-electron chi connectivity index (χ3n) is 2.21. The third-order valence-corrected chi connectivity index (χ3v) is 2.43. The van der Waals surface area contributed by atoms with Crippen molar-refractivity contribution in [1.82, 2.24) is 10.3 Å². The van der Waals surface area contributed by atoms with Gasteiger partial charge in [-0.3, -0.25) is 4.79 Å². The van der Waals surface area contributed by atoms with Gasteiger partial charge < -0.3 is 10.4 Å². The highest BCUT2D eigenvalue weighted by Gasteiger charge is 2.23. The number of aromatic nitrogens is 1. The molecule has 0 aliphatic rings. The van der Waals surface area contributed by atoms with Crippen molar-refractivity contribution in [1.29, 1.82) is 0 Å². The van der Waals surface area contributed by atoms with Gasteiger partial charge in [0, 0.05) is 6.20 Å². The van der Waals surface area contributed by atoms with Crippen molar-refractivity contribution < 1.29 is 14.7 Å². The molecule has 2 N–H and O–H groups in total. The smallest absolute Gasteiger partial charge is 0.326 e. The number of pyridine rings is 1. The lowest BCUT2D eigenvalue weighted by atomic mass is 10.0. The van der Waals surface area contributed by atoms with Crippen LogP contribution in [0.4, 0.5) is 0 Å². The molecule has 0 aliphatic heterocycles. The number of amides is 1. The molecule has 0 fully saturated rings. The third kappa shape index (κ3) is 3.71. The van der Waals surface area contributed by atoms with Crippen LogP contribution in [0.3, 0.4) is 0 Å². The zero-order valence-electron chi connectivity index (χ0n) is 9.48. The van der Waals surface area contributed by atoms with E-state index in [1.54, 1.807) is 13.8 Å². The van der Waals surface area contributed by atoms with Crippen molar-refractivity contribution in [2.75, 3.05) is 0 Å². The molecule has 5 nitrogen and oxygen atoms in total. The summed E-state index contributed by atoms with van der Waals surface area (Å²) < 4.78 is 0. The Balaban J connectivity index is 2.77. The number of carbonyl (C=O) groups is 2. The minimum Gasteiger partial charge on any atom is -0.480 e. The number of hydrogen-bond donors (Lipinski definition) is 2. The Morgan fingerprint density at radius 2 is 2.06 bits per heavy atom. The molecule has 0 aromatic carbocycles. The van der Waals surface area contributed by atoms with E-state index in [2.05, 4.69) is 10.3 Å². The Kier molecular flexibility index (Phi) is 4.45. The number of rotatable bonds is 4. The first-order valence-electron chi connectivity index (χ1n) is 5.07. The van der Waals surface area contributed by atoms with Crippen LogP contribution in [0.15, 0.2) is 18.3 Å². The van der Waals surface area contributed by atoms with Gasteiger partial charge in [-0.05, 0) is 18.1 Å². The first kappa shape index (κ1) is 13.4. The number of aliphatic carboxylic acids is 1. The van der Waals surface area contributed by atoms with Crippen LogP contribution < -0.4 is 5.32 Å². The fourth-order valence-electron chi connectivity index (χ4n) is 1.25. The summed E-state index contributed by atoms with van der Waals surface area (Å²) in [5, 5.41) is 11.6. The number of carbonyl (C=O) groups excluding carboxylic acids is 1. The van der Waals surface area contributed by atoms with Crippen molar-refractivity contribution >= 4 is 23.5 Å². The van der Waals surface area contributed by atoms with Gasteiger partial charge in [0.2, 0.25) is 0 Å². The Bertz CT molecular complexity index is 417. The largest absolute Gasteiger partial charge is 0.480 e. The lowest BCUT2D eigenvalue weighted by Gasteiger charge is -2.17. The molecule has 0 bridgehead atoms. The summed E-state index contributed by atoms with van der Waals surface area (Å²) in [7, 11) is 0. The van der Waals surface area contributed by atoms with Gasteiger partial charge in [-0.25, -0.2) is 9.78 Å². The molecule has 0 saturated carbocycles. The van der Waals surface area contributed by atoms with Gasteiger partial charge in [0.05, 0.1) is 5.56 Å². The van der Waals surface area contributed by atoms with Crippen LogP contribution in [0.25, 0.3) is 0 Å². The summed E-state index contributed by atoms with van der Waals surface area (Å²) >= 11 is 5.59. The molecule has 1 aromatic rings. The number of hydrogen-bond acceptors (Lipinski definition) is 3. The quantitative estimate of drug-likeness (QED) is 0.802. The van der Waals surface area contributed by atoms with E-state index in [1.165, 1.54) is 18.3 Å². The van der Waals surface area contributed by atoms with E-state index >= 15 is 0 Å². The van der Waals surface area contributed by atoms with Crippen LogP contribution in [0.5, 0.6) is 0 Å². The maximum absolute atomic E-state index is 11.7. The zero-order valence-corrected chi connectivity index (χ0v) is 10.2. The first-order chi connectivity index (χ1) is 7.91. The van der Waals surface area contributed by atoms with Crippen molar-refractivity contribution in [3.05, 3.63) is 29.0 Å². The maximum atomic E-state index is 11.7. The van der Waals surface area contributed by atoms with Crippen molar-refractivity contribution in [3.63, 3.8) is 0 Å². The molecule has 1 aromatic heterocycles. The number of halogens is 1. The predicted octanol–water partition coefficient (Wildman–Crippen LogP) is 1.57. The molecule has 0 radical (unpaired) electrons. The summed E-state index contributed by atoms with van der Waals surface area (Å²) in [6.45, 7) is 3.44. The lowest BCUT2D eigenvalue weighted by molar-refractivity contribution is -0.140. The average Bonchev–Trinajstić information content (AvgIpc) is 2.25. The fourth-order valence-corrected chi connectivity index (χ4v) is 1.36. The number of carboxylic acid groups (broad SMARTS) is 1. The second-order valence-corrected chi connectivity index (χ2v) is 4.29. The monoisotopic (exact) mass is 256 g/mol. The Morgan fingerprint density at radius 3 is 2.47 bits per heavy atom. The molecule has 1 heterocycles. The van der Waals surface area contributed by atoms with Crippen LogP contribution in [0.1, 0.15) is 24.2 Å². The summed E-state index contributed by atoms with van der Waals surface area (Å²) in [4.78, 5) is 26.4. The van der Waals surface area contributed by atoms with Crippen LogP contribution in [-0.4, -0.2) is 28.0 Å². The molecule has 1 unspecified atom stereocenters. The number of carboxylic acids is 1. The minimum atomic E-state index is -1.06. The molecule has 0 aliphatic carbocycles. The Labute approximate surface area is 104 Å². The molecule has 1 atom stereocenters. The number of nitrogens with one attached hydrogen (secondary N) is 1. The predicted molar refractivity (Wildman–Crippen MR) is 63.0 cm³/mol. The lowest BCUT2D eigenvalue weighted by Crippen LogP contribution is -2.44. The van der Waals surface area contributed by atoms with Gasteiger partial charge in [-0.1, -0.05) is 25.4 Å². The highest BCUT2D eigenvalue weighted by molar-refractivity contribution is 6.29. The zero-order chi connectivity index (χ0) is 13.0. The van der Waals surface area contributed by atoms with E-state index in [0.717, 1.165) is 0 Å². The second-order valence-electron chi connectivity index (χ2n) is 3.90. The van der Waals surface area contributed by atoms with Gasteiger partial charge in [0.1, 0.15) is 11.2 Å². The number of nitrogens with zero attached hydrogens (tertiary/aromatic N) is 1. The van der Waals surface area contributed by atoms with E-state index in [1.807, 2.05) is 0 Å². The molecular formula is C11H13ClN2O3. The summed E-state index contributed by atoms with van der Waals surface area (Å²) in [6.07, 6.45) is 1.30. The normalized spacial score (nSPS) is 12.2. The molecule has 6 heteroatoms. The van der Waals surface area contributed by atoms with Gasteiger partial charge in [-0.15, -0.1) is 0 Å². The first-order valence-corrected chi connectivity index (χ1v) is 5.45. The summed E-state index contributed by atoms with van der Waals surface area (Å²) in [6, 6.07) is 2.05. The van der Waals surface area contributed by atoms with E-state index in [4.69, 9.17) is 16.7 Å². The molecule has 1 amide bonds. The van der Waals surface area contributed by atoms with E-state index in [9.17, 15) is 9.59 Å². The minimum absolute atomic E-state index is 0.197. The summed E-state index contributed by atoms with van der Waals surface area (Å²) in [5.74, 6) is -1.73. The van der Waals surface area contributed by atoms with Crippen molar-refractivity contribution in [2.45, 2.75) is 19.9 Å². The standard InChI is InChI=1S/C11H13ClN2O3/c1-6(2)9(11(16)17)14-10(15)7-3-4-8(12)13-5-7/h3-6,9H,1-2H3,(H,14,15)(H,16,17). The Morgan fingerprint density at radius 1 is 1.41 bits per heavy atom. The molecule has 92 valence electrons. The van der Waals surface area contributed by atoms with Crippen molar-refractivity contribution in [2.24, 2.45) is 5.92 Å². The van der Waals surface area contributed by atoms with Crippen LogP contribution in [0.2, 0.25) is 5.15 Å². The molecule has 17 heavy (non-hydrogen) atoms. The fraction of sp³-hybridized carbons (Fsp3) is 0.364. The highest BCUT2D eigenvalue weighted by Crippen LogP contribution is 2.07. The van der Waals surface area contributed by atoms with Gasteiger partial charge in [-0.2, -0.15) is 0 Å². The Hall–Kier alpha value is -1.62. The van der Waals surface area contributed by atoms with E-state index in [0.29, 0.717) is 0 Å². The van der Waals surface area contributed by atoms with Gasteiger partial charge >= 0.3 is 5.97 Å². The maximum Gasteiger partial charge on any atom is 0.326 e. The molecule has 1 rings (SSSR count). The highest BCUT2D eigenvalue weighted by atomic mass is 35.5. The van der Waals surface area contributed by atoms with Gasteiger partial charge in [0.15, 0.2) is 0 Å². The van der Waals surface area contributed by atoms with E-state index < -0.39 is 17.9 Å².